The molecule has 55 heavy (non-hydrogen) atoms. The van der Waals surface area contributed by atoms with Gasteiger partial charge in [0.15, 0.2) is 11.5 Å². The number of ether oxygens (including phenoxy) is 3. The largest absolute Gasteiger partial charge is 0.508 e. The highest BCUT2D eigenvalue weighted by Gasteiger charge is 2.28. The summed E-state index contributed by atoms with van der Waals surface area (Å²) >= 11 is 0. The van der Waals surface area contributed by atoms with Crippen LogP contribution < -0.4 is 9.47 Å². The molecule has 3 N–H and O–H groups in total. The average molecular weight is 739 g/mol. The molecule has 4 aliphatic rings. The van der Waals surface area contributed by atoms with Crippen molar-refractivity contribution in [1.82, 2.24) is 0 Å². The topological polar surface area (TPSA) is 105 Å². The molecule has 7 nitrogen and oxygen atoms in total. The van der Waals surface area contributed by atoms with Gasteiger partial charge in [-0.2, -0.15) is 0 Å². The molecule has 6 bridgehead atoms. The van der Waals surface area contributed by atoms with Crippen LogP contribution in [0, 0.1) is 23.9 Å². The summed E-state index contributed by atoms with van der Waals surface area (Å²) < 4.78 is 18.3. The smallest absolute Gasteiger partial charge is 0.161 e. The molecule has 2 aliphatic carbocycles. The number of aromatic hydroxyl groups is 1. The third-order valence-electron chi connectivity index (χ3n) is 11.4. The number of aryl methyl sites for hydroxylation is 2. The number of Topliss-reactive ketones (excluding diaryl/α,β-unsaturated/α-hetero) is 1. The fraction of sp³-hybridized carbons (Fsp3) is 0.354. The van der Waals surface area contributed by atoms with Crippen molar-refractivity contribution in [1.29, 1.82) is 0 Å². The second-order valence-corrected chi connectivity index (χ2v) is 15.1. The molecule has 4 aromatic rings. The molecule has 7 heteroatoms. The van der Waals surface area contributed by atoms with Gasteiger partial charge in [0.25, 0.3) is 0 Å². The van der Waals surface area contributed by atoms with E-state index in [1.807, 2.05) is 42.5 Å². The van der Waals surface area contributed by atoms with Gasteiger partial charge in [0.1, 0.15) is 36.1 Å². The third kappa shape index (κ3) is 8.77. The maximum Gasteiger partial charge on any atom is 0.161 e. The Hall–Kier alpha value is -5.45. The first kappa shape index (κ1) is 37.8. The van der Waals surface area contributed by atoms with Gasteiger partial charge in [-0.1, -0.05) is 73.9 Å². The van der Waals surface area contributed by atoms with Gasteiger partial charge in [0.05, 0.1) is 13.7 Å². The summed E-state index contributed by atoms with van der Waals surface area (Å²) in [5.41, 5.74) is 6.45. The molecule has 0 spiro atoms. The second-order valence-electron chi connectivity index (χ2n) is 15.1. The molecule has 0 fully saturated rings. The number of benzene rings is 4. The SMILES string of the molecule is COc1ccc2cc1OCc1c(CO)cc3c(c(O)cc4c3c1C=C[C@H]4C)CC#CO[C@@H](C[C@@H]1C=C(O)C=C[C@H]1CCCCc1ccccc1)CC(=O)CC2. The Bertz CT molecular complexity index is 2190. The molecule has 0 radical (unpaired) electrons. The number of phenols is 1. The Morgan fingerprint density at radius 2 is 1.80 bits per heavy atom. The van der Waals surface area contributed by atoms with Gasteiger partial charge in [-0.3, -0.25) is 4.79 Å². The molecule has 284 valence electrons. The lowest BCUT2D eigenvalue weighted by molar-refractivity contribution is -0.121. The Kier molecular flexibility index (Phi) is 11.9. The quantitative estimate of drug-likeness (QED) is 0.116. The van der Waals surface area contributed by atoms with E-state index in [2.05, 4.69) is 61.4 Å². The zero-order chi connectivity index (χ0) is 38.3. The van der Waals surface area contributed by atoms with Gasteiger partial charge in [-0.15, -0.1) is 0 Å². The number of hydrogen-bond acceptors (Lipinski definition) is 7. The molecule has 0 saturated carbocycles. The van der Waals surface area contributed by atoms with Gasteiger partial charge in [-0.05, 0) is 119 Å². The standard InChI is InChI=1S/C48H50O7/c1-31-14-20-41-44-30-55-47-23-33(16-21-46(47)53-2)15-18-38(51)27-39(54-22-8-13-40-43(26-36(44)29-49)48(41)42(31)28-45(40)52)25-35-24-37(50)19-17-34(35)12-7-6-11-32-9-4-3-5-10-32/h3-5,9-10,14,16-17,19-21,23-24,26,28,31,34-35,39,49-50,52H,6-7,11-13,15,18,25,27,29-30H2,1-2H3/t31-,34-,35+,39+/m1/s1. The van der Waals surface area contributed by atoms with E-state index >= 15 is 0 Å². The van der Waals surface area contributed by atoms with Crippen molar-refractivity contribution in [2.24, 2.45) is 11.8 Å². The molecule has 0 aromatic heterocycles. The highest BCUT2D eigenvalue weighted by molar-refractivity contribution is 6.00. The van der Waals surface area contributed by atoms with Crippen molar-refractivity contribution in [3.8, 4) is 29.3 Å². The number of phenolic OH excluding ortho intramolecular Hbond substituents is 1. The molecule has 0 unspecified atom stereocenters. The van der Waals surface area contributed by atoms with E-state index in [-0.39, 0.29) is 61.1 Å². The van der Waals surface area contributed by atoms with Gasteiger partial charge < -0.3 is 29.5 Å². The number of hydrogen-bond donors (Lipinski definition) is 3. The van der Waals surface area contributed by atoms with Crippen LogP contribution in [0.15, 0.2) is 90.7 Å². The normalized spacial score (nSPS) is 20.8. The summed E-state index contributed by atoms with van der Waals surface area (Å²) in [4.78, 5) is 13.6. The number of fused-ring (bicyclic) bond motifs is 9. The minimum Gasteiger partial charge on any atom is -0.508 e. The highest BCUT2D eigenvalue weighted by atomic mass is 16.5. The molecular formula is C48H50O7. The van der Waals surface area contributed by atoms with E-state index in [9.17, 15) is 20.1 Å². The van der Waals surface area contributed by atoms with Crippen molar-refractivity contribution >= 4 is 22.6 Å². The van der Waals surface area contributed by atoms with Crippen molar-refractivity contribution < 1.29 is 34.3 Å². The van der Waals surface area contributed by atoms with Crippen LogP contribution in [0.2, 0.25) is 0 Å². The van der Waals surface area contributed by atoms with Crippen LogP contribution in [-0.4, -0.2) is 34.3 Å². The lowest BCUT2D eigenvalue weighted by Crippen LogP contribution is -2.24. The van der Waals surface area contributed by atoms with Gasteiger partial charge in [0.2, 0.25) is 0 Å². The highest BCUT2D eigenvalue weighted by Crippen LogP contribution is 2.43. The number of unbranched alkanes of at least 4 members (excludes halogenated alkanes) is 1. The maximum absolute atomic E-state index is 13.6. The monoisotopic (exact) mass is 738 g/mol. The van der Waals surface area contributed by atoms with Crippen LogP contribution >= 0.6 is 0 Å². The van der Waals surface area contributed by atoms with Crippen LogP contribution in [0.3, 0.4) is 0 Å². The molecule has 4 atom stereocenters. The van der Waals surface area contributed by atoms with E-state index in [1.54, 1.807) is 13.2 Å². The van der Waals surface area contributed by atoms with Crippen LogP contribution in [0.4, 0.5) is 0 Å². The van der Waals surface area contributed by atoms with Crippen molar-refractivity contribution in [3.05, 3.63) is 130 Å². The minimum absolute atomic E-state index is 0.0186. The zero-order valence-corrected chi connectivity index (χ0v) is 31.7. The fourth-order valence-corrected chi connectivity index (χ4v) is 8.36. The number of allylic oxidation sites excluding steroid dienone is 4. The van der Waals surface area contributed by atoms with Gasteiger partial charge in [-0.25, -0.2) is 0 Å². The van der Waals surface area contributed by atoms with Crippen molar-refractivity contribution in [2.75, 3.05) is 7.11 Å². The van der Waals surface area contributed by atoms with Gasteiger partial charge in [0, 0.05) is 36.3 Å². The van der Waals surface area contributed by atoms with Crippen molar-refractivity contribution in [2.45, 2.75) is 89.9 Å². The molecule has 2 heterocycles. The first-order valence-corrected chi connectivity index (χ1v) is 19.5. The summed E-state index contributed by atoms with van der Waals surface area (Å²) in [5, 5.41) is 34.4. The molecular weight excluding hydrogens is 689 g/mol. The summed E-state index contributed by atoms with van der Waals surface area (Å²) in [5.74, 6) is 4.97. The number of aliphatic hydroxyl groups excluding tert-OH is 2. The lowest BCUT2D eigenvalue weighted by atomic mass is 9.80. The van der Waals surface area contributed by atoms with Crippen LogP contribution in [-0.2, 0) is 42.0 Å². The maximum atomic E-state index is 13.6. The predicted molar refractivity (Wildman–Crippen MR) is 216 cm³/mol. The Labute approximate surface area is 324 Å². The molecule has 2 aliphatic heterocycles. The summed E-state index contributed by atoms with van der Waals surface area (Å²) in [6, 6.07) is 20.0. The van der Waals surface area contributed by atoms with E-state index in [4.69, 9.17) is 14.2 Å². The first-order chi connectivity index (χ1) is 26.8. The molecule has 0 saturated heterocycles. The first-order valence-electron chi connectivity index (χ1n) is 19.5. The zero-order valence-electron chi connectivity index (χ0n) is 31.7. The summed E-state index contributed by atoms with van der Waals surface area (Å²) in [6.45, 7) is 2.08. The van der Waals surface area contributed by atoms with Crippen LogP contribution in [0.1, 0.15) is 90.3 Å². The Morgan fingerprint density at radius 3 is 2.62 bits per heavy atom. The van der Waals surface area contributed by atoms with Crippen LogP contribution in [0.25, 0.3) is 16.8 Å². The van der Waals surface area contributed by atoms with E-state index in [1.165, 1.54) is 5.56 Å². The number of carbonyl (C=O) groups is 1. The van der Waals surface area contributed by atoms with E-state index < -0.39 is 6.10 Å². The predicted octanol–water partition coefficient (Wildman–Crippen LogP) is 9.60. The Morgan fingerprint density at radius 1 is 0.945 bits per heavy atom. The Balaban J connectivity index is 1.20. The summed E-state index contributed by atoms with van der Waals surface area (Å²) in [7, 11) is 1.60. The van der Waals surface area contributed by atoms with E-state index in [0.29, 0.717) is 41.9 Å². The summed E-state index contributed by atoms with van der Waals surface area (Å²) in [6.07, 6.45) is 18.2. The number of rotatable bonds is 9. The lowest BCUT2D eigenvalue weighted by Gasteiger charge is -2.28. The van der Waals surface area contributed by atoms with Crippen molar-refractivity contribution in [3.63, 3.8) is 0 Å². The molecule has 8 rings (SSSR count). The fourth-order valence-electron chi connectivity index (χ4n) is 8.36. The second kappa shape index (κ2) is 17.3. The number of aliphatic hydroxyl groups is 2. The van der Waals surface area contributed by atoms with Crippen LogP contribution in [0.5, 0.6) is 17.2 Å². The third-order valence-corrected chi connectivity index (χ3v) is 11.4. The number of carbonyl (C=O) groups excluding carboxylic acids is 1. The minimum atomic E-state index is -0.497. The van der Waals surface area contributed by atoms with E-state index in [0.717, 1.165) is 58.7 Å². The van der Waals surface area contributed by atoms with Gasteiger partial charge >= 0.3 is 0 Å². The average Bonchev–Trinajstić information content (AvgIpc) is 3.19. The molecule has 4 aromatic carbocycles. The number of methoxy groups -OCH3 is 1. The number of ketones is 1. The molecule has 0 amide bonds.